The summed E-state index contributed by atoms with van der Waals surface area (Å²) < 4.78 is 29.5. The number of halogens is 1. The minimum Gasteiger partial charge on any atom is -0.352 e. The molecule has 2 saturated heterocycles. The Morgan fingerprint density at radius 2 is 1.70 bits per heavy atom. The van der Waals surface area contributed by atoms with E-state index in [4.69, 9.17) is 0 Å². The number of urea groups is 1. The summed E-state index contributed by atoms with van der Waals surface area (Å²) in [5.41, 5.74) is 0.892. The van der Waals surface area contributed by atoms with Gasteiger partial charge < -0.3 is 15.1 Å². The van der Waals surface area contributed by atoms with Gasteiger partial charge in [-0.25, -0.2) is 18.2 Å². The molecule has 1 aliphatic carbocycles. The number of piperazine rings is 1. The Kier molecular flexibility index (Phi) is 7.19. The number of sulfone groups is 1. The van der Waals surface area contributed by atoms with Crippen molar-refractivity contribution in [2.75, 3.05) is 37.6 Å². The van der Waals surface area contributed by atoms with Gasteiger partial charge in [0.05, 0.1) is 15.9 Å². The summed E-state index contributed by atoms with van der Waals surface area (Å²) in [6, 6.07) is 11.1. The molecule has 1 atom stereocenters. The zero-order chi connectivity index (χ0) is 26.2. The normalized spacial score (nSPS) is 23.3. The predicted octanol–water partition coefficient (Wildman–Crippen LogP) is 3.33. The standard InChI is InChI=1S/C26H32BrN5O4S/c1-19-12-13-22(27)23(29-19)30-14-16-31(17-15-30)24(33)26(37(35,36)21-10-6-3-7-11-21)18-28-25(34)32(26)20-8-4-2-5-9-20/h3,6-7,10-13,20H,2,4-5,8-9,14-18H2,1H3,(H,28,34). The van der Waals surface area contributed by atoms with Gasteiger partial charge in [0.25, 0.3) is 5.91 Å². The molecule has 1 aromatic carbocycles. The SMILES string of the molecule is Cc1ccc(Br)c(N2CCN(C(=O)C3(S(=O)(=O)c4ccccc4)CNC(=O)N3C3CCCCC3)CC2)n1. The van der Waals surface area contributed by atoms with Gasteiger partial charge in [-0.1, -0.05) is 37.5 Å². The topological polar surface area (TPSA) is 103 Å². The van der Waals surface area contributed by atoms with Crippen molar-refractivity contribution >= 4 is 43.5 Å². The molecule has 1 aromatic heterocycles. The Bertz CT molecular complexity index is 1280. The van der Waals surface area contributed by atoms with Crippen molar-refractivity contribution in [2.45, 2.75) is 54.8 Å². The highest BCUT2D eigenvalue weighted by atomic mass is 79.9. The van der Waals surface area contributed by atoms with Crippen molar-refractivity contribution in [1.82, 2.24) is 20.1 Å². The second-order valence-corrected chi connectivity index (χ2v) is 13.0. The van der Waals surface area contributed by atoms with Crippen molar-refractivity contribution in [2.24, 2.45) is 0 Å². The Morgan fingerprint density at radius 1 is 1.03 bits per heavy atom. The number of carbonyl (C=O) groups is 2. The molecule has 0 spiro atoms. The van der Waals surface area contributed by atoms with Crippen LogP contribution in [0.5, 0.6) is 0 Å². The first kappa shape index (κ1) is 26.0. The first-order chi connectivity index (χ1) is 17.8. The zero-order valence-corrected chi connectivity index (χ0v) is 23.3. The summed E-state index contributed by atoms with van der Waals surface area (Å²) >= 11 is 3.57. The molecule has 3 aliphatic rings. The lowest BCUT2D eigenvalue weighted by Gasteiger charge is -2.45. The number of aryl methyl sites for hydroxylation is 1. The molecule has 3 fully saturated rings. The van der Waals surface area contributed by atoms with Gasteiger partial charge in [-0.3, -0.25) is 9.69 Å². The van der Waals surface area contributed by atoms with Crippen LogP contribution in [0.2, 0.25) is 0 Å². The van der Waals surface area contributed by atoms with E-state index in [1.807, 2.05) is 19.1 Å². The maximum absolute atomic E-state index is 14.4. The Balaban J connectivity index is 1.50. The largest absolute Gasteiger partial charge is 0.352 e. The number of amides is 3. The van der Waals surface area contributed by atoms with Gasteiger partial charge in [0, 0.05) is 37.9 Å². The Morgan fingerprint density at radius 3 is 2.38 bits per heavy atom. The van der Waals surface area contributed by atoms with Crippen LogP contribution in [0, 0.1) is 6.92 Å². The van der Waals surface area contributed by atoms with Crippen LogP contribution in [-0.4, -0.2) is 78.8 Å². The van der Waals surface area contributed by atoms with Crippen LogP contribution in [0.3, 0.4) is 0 Å². The molecular formula is C26H32BrN5O4S. The minimum atomic E-state index is -4.24. The molecule has 0 radical (unpaired) electrons. The molecular weight excluding hydrogens is 558 g/mol. The van der Waals surface area contributed by atoms with Crippen LogP contribution in [-0.2, 0) is 14.6 Å². The lowest BCUT2D eigenvalue weighted by atomic mass is 9.93. The molecule has 1 saturated carbocycles. The van der Waals surface area contributed by atoms with Crippen molar-refractivity contribution in [3.05, 3.63) is 52.6 Å². The fourth-order valence-electron chi connectivity index (χ4n) is 5.76. The van der Waals surface area contributed by atoms with Crippen molar-refractivity contribution in [3.63, 3.8) is 0 Å². The van der Waals surface area contributed by atoms with Gasteiger partial charge >= 0.3 is 6.03 Å². The number of carbonyl (C=O) groups excluding carboxylic acids is 2. The van der Waals surface area contributed by atoms with Crippen LogP contribution in [0.4, 0.5) is 10.6 Å². The molecule has 2 aromatic rings. The van der Waals surface area contributed by atoms with E-state index in [1.165, 1.54) is 17.0 Å². The Labute approximate surface area is 226 Å². The predicted molar refractivity (Wildman–Crippen MR) is 144 cm³/mol. The van der Waals surface area contributed by atoms with E-state index < -0.39 is 26.6 Å². The highest BCUT2D eigenvalue weighted by molar-refractivity contribution is 9.10. The minimum absolute atomic E-state index is 0.0483. The first-order valence-electron chi connectivity index (χ1n) is 12.8. The van der Waals surface area contributed by atoms with Gasteiger partial charge in [-0.05, 0) is 60.0 Å². The molecule has 3 amide bonds. The molecule has 1 N–H and O–H groups in total. The number of nitrogens with one attached hydrogen (secondary N) is 1. The average molecular weight is 591 g/mol. The number of hydrogen-bond donors (Lipinski definition) is 1. The molecule has 2 aliphatic heterocycles. The summed E-state index contributed by atoms with van der Waals surface area (Å²) in [6.07, 6.45) is 4.23. The highest BCUT2D eigenvalue weighted by Crippen LogP contribution is 2.39. The monoisotopic (exact) mass is 589 g/mol. The van der Waals surface area contributed by atoms with Crippen LogP contribution < -0.4 is 10.2 Å². The third kappa shape index (κ3) is 4.50. The smallest absolute Gasteiger partial charge is 0.319 e. The maximum atomic E-state index is 14.4. The number of nitrogens with zero attached hydrogens (tertiary/aromatic N) is 4. The van der Waals surface area contributed by atoms with E-state index in [2.05, 4.69) is 31.1 Å². The molecule has 1 unspecified atom stereocenters. The molecule has 0 bridgehead atoms. The van der Waals surface area contributed by atoms with Crippen LogP contribution >= 0.6 is 15.9 Å². The van der Waals surface area contributed by atoms with Gasteiger partial charge in [0.2, 0.25) is 14.7 Å². The van der Waals surface area contributed by atoms with Crippen LogP contribution in [0.15, 0.2) is 51.8 Å². The number of pyridine rings is 1. The highest BCUT2D eigenvalue weighted by Gasteiger charge is 2.64. The first-order valence-corrected chi connectivity index (χ1v) is 15.1. The van der Waals surface area contributed by atoms with Gasteiger partial charge in [0.15, 0.2) is 0 Å². The van der Waals surface area contributed by atoms with E-state index in [9.17, 15) is 18.0 Å². The number of hydrogen-bond acceptors (Lipinski definition) is 6. The Hall–Kier alpha value is -2.66. The van der Waals surface area contributed by atoms with Crippen molar-refractivity contribution in [1.29, 1.82) is 0 Å². The quantitative estimate of drug-likeness (QED) is 0.574. The summed E-state index contributed by atoms with van der Waals surface area (Å²) in [7, 11) is -4.24. The second-order valence-electron chi connectivity index (χ2n) is 9.96. The lowest BCUT2D eigenvalue weighted by molar-refractivity contribution is -0.138. The van der Waals surface area contributed by atoms with E-state index in [0.29, 0.717) is 39.0 Å². The van der Waals surface area contributed by atoms with Crippen molar-refractivity contribution in [3.8, 4) is 0 Å². The summed E-state index contributed by atoms with van der Waals surface area (Å²) in [5, 5.41) is 2.74. The van der Waals surface area contributed by atoms with Gasteiger partial charge in [-0.2, -0.15) is 0 Å². The lowest BCUT2D eigenvalue weighted by Crippen LogP contribution is -2.67. The number of benzene rings is 1. The number of anilines is 1. The third-order valence-electron chi connectivity index (χ3n) is 7.69. The molecule has 9 nitrogen and oxygen atoms in total. The van der Waals surface area contributed by atoms with E-state index in [-0.39, 0.29) is 17.5 Å². The molecule has 198 valence electrons. The molecule has 11 heteroatoms. The average Bonchev–Trinajstić information content (AvgIpc) is 3.29. The van der Waals surface area contributed by atoms with Crippen molar-refractivity contribution < 1.29 is 18.0 Å². The van der Waals surface area contributed by atoms with E-state index in [0.717, 1.165) is 35.2 Å². The van der Waals surface area contributed by atoms with Gasteiger partial charge in [-0.15, -0.1) is 0 Å². The molecule has 37 heavy (non-hydrogen) atoms. The van der Waals surface area contributed by atoms with Crippen LogP contribution in [0.1, 0.15) is 37.8 Å². The second kappa shape index (κ2) is 10.2. The zero-order valence-electron chi connectivity index (χ0n) is 20.9. The van der Waals surface area contributed by atoms with Crippen LogP contribution in [0.25, 0.3) is 0 Å². The third-order valence-corrected chi connectivity index (χ3v) is 10.6. The summed E-state index contributed by atoms with van der Waals surface area (Å²) in [6.45, 7) is 3.35. The number of aromatic nitrogens is 1. The van der Waals surface area contributed by atoms with E-state index in [1.54, 1.807) is 23.1 Å². The molecule has 3 heterocycles. The van der Waals surface area contributed by atoms with E-state index >= 15 is 0 Å². The summed E-state index contributed by atoms with van der Waals surface area (Å²) in [5.74, 6) is 0.274. The fraction of sp³-hybridized carbons (Fsp3) is 0.500. The fourth-order valence-corrected chi connectivity index (χ4v) is 8.25. The summed E-state index contributed by atoms with van der Waals surface area (Å²) in [4.78, 5) is 35.3. The van der Waals surface area contributed by atoms with Gasteiger partial charge in [0.1, 0.15) is 5.82 Å². The maximum Gasteiger partial charge on any atom is 0.319 e. The molecule has 5 rings (SSSR count). The number of rotatable bonds is 5.